The summed E-state index contributed by atoms with van der Waals surface area (Å²) in [5.74, 6) is -6.35. The molecule has 6 atom stereocenters. The average molecular weight is 648 g/mol. The Bertz CT molecular complexity index is 1870. The molecule has 7 rings (SSSR count). The van der Waals surface area contributed by atoms with E-state index in [2.05, 4.69) is 5.43 Å². The Labute approximate surface area is 278 Å². The molecule has 0 aromatic heterocycles. The van der Waals surface area contributed by atoms with Gasteiger partial charge in [0.05, 0.1) is 28.9 Å². The van der Waals surface area contributed by atoms with E-state index >= 15 is 4.79 Å². The lowest BCUT2D eigenvalue weighted by Crippen LogP contribution is -2.53. The summed E-state index contributed by atoms with van der Waals surface area (Å²) in [6.45, 7) is 3.72. The minimum Gasteiger partial charge on any atom is -0.507 e. The molecule has 0 bridgehead atoms. The van der Waals surface area contributed by atoms with E-state index in [0.717, 1.165) is 16.1 Å². The Morgan fingerprint density at radius 2 is 1.62 bits per heavy atom. The van der Waals surface area contributed by atoms with Crippen molar-refractivity contribution in [2.24, 2.45) is 23.7 Å². The molecule has 2 saturated heterocycles. The van der Waals surface area contributed by atoms with E-state index in [4.69, 9.17) is 5.11 Å². The number of amides is 4. The van der Waals surface area contributed by atoms with E-state index in [1.54, 1.807) is 31.2 Å². The van der Waals surface area contributed by atoms with Gasteiger partial charge in [-0.2, -0.15) is 5.01 Å². The molecule has 2 heterocycles. The van der Waals surface area contributed by atoms with Gasteiger partial charge in [0.25, 0.3) is 11.8 Å². The first-order chi connectivity index (χ1) is 23.0. The van der Waals surface area contributed by atoms with Gasteiger partial charge in [-0.05, 0) is 62.3 Å². The summed E-state index contributed by atoms with van der Waals surface area (Å²) in [6.07, 6.45) is 2.31. The minimum atomic E-state index is -1.47. The van der Waals surface area contributed by atoms with Gasteiger partial charge < -0.3 is 10.2 Å². The van der Waals surface area contributed by atoms with Crippen molar-refractivity contribution in [3.8, 4) is 5.75 Å². The maximum Gasteiger partial charge on any atom is 0.303 e. The van der Waals surface area contributed by atoms with Gasteiger partial charge in [0, 0.05) is 24.4 Å². The summed E-state index contributed by atoms with van der Waals surface area (Å²) in [5, 5.41) is 21.9. The SMILES string of the molecule is Cc1ccc(NN2C(=O)C3CC4C(=CCC5C(=O)N(CCCC(=O)O)C(=O)C54)C(c4cccc(C)c4O)C3(c3ccccc3)C2=O)cc1. The first-order valence-corrected chi connectivity index (χ1v) is 16.4. The number of imide groups is 2. The number of benzene rings is 3. The number of carboxylic acid groups (broad SMARTS) is 1. The molecule has 4 amide bonds. The highest BCUT2D eigenvalue weighted by molar-refractivity contribution is 6.13. The van der Waals surface area contributed by atoms with Crippen LogP contribution in [0.2, 0.25) is 0 Å². The van der Waals surface area contributed by atoms with Crippen molar-refractivity contribution in [3.05, 3.63) is 107 Å². The quantitative estimate of drug-likeness (QED) is 0.232. The second kappa shape index (κ2) is 11.8. The van der Waals surface area contributed by atoms with Crippen LogP contribution >= 0.6 is 0 Å². The number of para-hydroxylation sites is 1. The normalized spacial score (nSPS) is 27.8. The van der Waals surface area contributed by atoms with Crippen LogP contribution in [0.4, 0.5) is 5.69 Å². The van der Waals surface area contributed by atoms with E-state index in [0.29, 0.717) is 22.4 Å². The maximum absolute atomic E-state index is 15.1. The zero-order valence-electron chi connectivity index (χ0n) is 26.8. The molecule has 3 N–H and O–H groups in total. The van der Waals surface area contributed by atoms with Crippen LogP contribution in [0.3, 0.4) is 0 Å². The number of likely N-dealkylation sites (tertiary alicyclic amines) is 1. The Morgan fingerprint density at radius 1 is 0.896 bits per heavy atom. The molecule has 48 heavy (non-hydrogen) atoms. The lowest BCUT2D eigenvalue weighted by molar-refractivity contribution is -0.142. The van der Waals surface area contributed by atoms with Crippen LogP contribution in [-0.2, 0) is 29.4 Å². The molecule has 3 aromatic rings. The summed E-state index contributed by atoms with van der Waals surface area (Å²) in [7, 11) is 0. The fraction of sp³-hybridized carbons (Fsp3) is 0.342. The number of anilines is 1. The van der Waals surface area contributed by atoms with Crippen LogP contribution in [0.25, 0.3) is 0 Å². The Balaban J connectivity index is 1.40. The second-order valence-corrected chi connectivity index (χ2v) is 13.4. The molecule has 3 fully saturated rings. The Morgan fingerprint density at radius 3 is 2.33 bits per heavy atom. The zero-order chi connectivity index (χ0) is 33.9. The number of phenols is 1. The van der Waals surface area contributed by atoms with E-state index < -0.39 is 52.8 Å². The molecule has 0 spiro atoms. The molecule has 6 unspecified atom stereocenters. The fourth-order valence-electron chi connectivity index (χ4n) is 8.68. The number of rotatable bonds is 8. The number of hydrogen-bond acceptors (Lipinski definition) is 7. The number of carbonyl (C=O) groups excluding carboxylic acids is 4. The monoisotopic (exact) mass is 647 g/mol. The summed E-state index contributed by atoms with van der Waals surface area (Å²) in [6, 6.07) is 21.9. The van der Waals surface area contributed by atoms with Crippen molar-refractivity contribution >= 4 is 35.3 Å². The Hall–Kier alpha value is -5.25. The van der Waals surface area contributed by atoms with Gasteiger partial charge >= 0.3 is 5.97 Å². The number of nitrogens with zero attached hydrogens (tertiary/aromatic N) is 2. The van der Waals surface area contributed by atoms with Gasteiger partial charge in [-0.15, -0.1) is 0 Å². The molecule has 10 heteroatoms. The van der Waals surface area contributed by atoms with Gasteiger partial charge in [-0.3, -0.25) is 34.3 Å². The molecular formula is C38H37N3O7. The number of phenolic OH excluding ortho intramolecular Hbond substituents is 1. The number of hydrogen-bond donors (Lipinski definition) is 3. The third-order valence-corrected chi connectivity index (χ3v) is 10.8. The number of fused-ring (bicyclic) bond motifs is 4. The van der Waals surface area contributed by atoms with Crippen LogP contribution < -0.4 is 5.43 Å². The number of aliphatic carboxylic acids is 1. The van der Waals surface area contributed by atoms with Crippen LogP contribution in [0.1, 0.15) is 53.9 Å². The highest BCUT2D eigenvalue weighted by Crippen LogP contribution is 2.65. The van der Waals surface area contributed by atoms with Crippen LogP contribution in [0, 0.1) is 37.5 Å². The molecule has 246 valence electrons. The molecule has 2 aliphatic heterocycles. The summed E-state index contributed by atoms with van der Waals surface area (Å²) in [4.78, 5) is 69.8. The molecule has 10 nitrogen and oxygen atoms in total. The summed E-state index contributed by atoms with van der Waals surface area (Å²) >= 11 is 0. The molecule has 0 radical (unpaired) electrons. The first kappa shape index (κ1) is 31.4. The van der Waals surface area contributed by atoms with Crippen molar-refractivity contribution in [2.75, 3.05) is 12.0 Å². The van der Waals surface area contributed by atoms with E-state index in [-0.39, 0.29) is 49.8 Å². The standard InChI is InChI=1S/C38H37N3O7/c1-21-13-15-24(16-14-21)39-41-35(46)29-20-28-25(17-18-26-31(28)36(47)40(34(26)45)19-7-12-30(42)43)32(27-11-6-8-22(2)33(27)44)38(29,37(41)48)23-9-4-3-5-10-23/h3-6,8-11,13-17,26,28-29,31-32,39,44H,7,12,18-20H2,1-2H3,(H,42,43). The van der Waals surface area contributed by atoms with Crippen molar-refractivity contribution in [3.63, 3.8) is 0 Å². The number of carboxylic acids is 1. The molecule has 2 aliphatic carbocycles. The smallest absolute Gasteiger partial charge is 0.303 e. The number of nitrogens with one attached hydrogen (secondary N) is 1. The third kappa shape index (κ3) is 4.64. The highest BCUT2D eigenvalue weighted by Gasteiger charge is 2.70. The number of carbonyl (C=O) groups is 5. The molecule has 4 aliphatic rings. The molecule has 3 aromatic carbocycles. The predicted octanol–water partition coefficient (Wildman–Crippen LogP) is 4.86. The van der Waals surface area contributed by atoms with Gasteiger partial charge in [0.2, 0.25) is 11.8 Å². The fourth-order valence-corrected chi connectivity index (χ4v) is 8.68. The minimum absolute atomic E-state index is 0.00413. The largest absolute Gasteiger partial charge is 0.507 e. The lowest BCUT2D eigenvalue weighted by Gasteiger charge is -2.50. The van der Waals surface area contributed by atoms with Gasteiger partial charge in [-0.1, -0.05) is 77.9 Å². The third-order valence-electron chi connectivity index (χ3n) is 10.8. The highest BCUT2D eigenvalue weighted by atomic mass is 16.4. The van der Waals surface area contributed by atoms with Crippen molar-refractivity contribution in [1.29, 1.82) is 0 Å². The lowest BCUT2D eigenvalue weighted by atomic mass is 9.49. The van der Waals surface area contributed by atoms with E-state index in [1.807, 2.05) is 61.5 Å². The van der Waals surface area contributed by atoms with Crippen LogP contribution in [0.5, 0.6) is 5.75 Å². The summed E-state index contributed by atoms with van der Waals surface area (Å²) < 4.78 is 0. The number of aromatic hydroxyl groups is 1. The first-order valence-electron chi connectivity index (χ1n) is 16.4. The van der Waals surface area contributed by atoms with E-state index in [9.17, 15) is 24.3 Å². The van der Waals surface area contributed by atoms with Crippen molar-refractivity contribution in [1.82, 2.24) is 9.91 Å². The van der Waals surface area contributed by atoms with Crippen LogP contribution in [-0.4, -0.2) is 56.3 Å². The zero-order valence-corrected chi connectivity index (χ0v) is 26.8. The number of aryl methyl sites for hydroxylation is 2. The average Bonchev–Trinajstić information content (AvgIpc) is 3.44. The van der Waals surface area contributed by atoms with E-state index in [1.165, 1.54) is 4.90 Å². The number of hydrazine groups is 1. The van der Waals surface area contributed by atoms with Gasteiger partial charge in [-0.25, -0.2) is 0 Å². The second-order valence-electron chi connectivity index (χ2n) is 13.4. The summed E-state index contributed by atoms with van der Waals surface area (Å²) in [5.41, 5.74) is 5.64. The van der Waals surface area contributed by atoms with Crippen molar-refractivity contribution in [2.45, 2.75) is 50.9 Å². The molecule has 1 saturated carbocycles. The topological polar surface area (TPSA) is 144 Å². The van der Waals surface area contributed by atoms with Gasteiger partial charge in [0.15, 0.2) is 0 Å². The molecular weight excluding hydrogens is 610 g/mol. The van der Waals surface area contributed by atoms with Crippen LogP contribution in [0.15, 0.2) is 84.4 Å². The Kier molecular flexibility index (Phi) is 7.69. The van der Waals surface area contributed by atoms with Crippen molar-refractivity contribution < 1.29 is 34.2 Å². The number of allylic oxidation sites excluding steroid dienone is 2. The predicted molar refractivity (Wildman–Crippen MR) is 175 cm³/mol. The van der Waals surface area contributed by atoms with Gasteiger partial charge in [0.1, 0.15) is 5.75 Å². The maximum atomic E-state index is 15.1.